The number of hydrogen-bond donors (Lipinski definition) is 0. The normalized spacial score (nSPS) is 11.2. The van der Waals surface area contributed by atoms with E-state index in [2.05, 4.69) is 208 Å². The van der Waals surface area contributed by atoms with Gasteiger partial charge < -0.3 is 18.4 Å². The zero-order valence-corrected chi connectivity index (χ0v) is 60.5. The number of fused-ring (bicyclic) bond motifs is 2. The molecule has 1 aliphatic rings. The standard InChI is InChI=1S/C12H19NO3.2C11H10.C7H12N2.C7H8OS.C6H9NO.C6H8S.C5H5ClS.2C5H6S/c1-11-2-3-12(16-11)10-15-9-6-13-4-7-14-8-5-13;1-9-5-4-7-10-6-2-3-8-11(9)10;1-9-6-7-10-4-2-3-5-11(10)8-9;1-4-9-7(3)5-6(2)8-9;1-5-3-4-7(9-5)6(2)8;1-4-5(2)7-8-6(4)3;1-5-3-4-6(2)7-5;1-4-2-3-5(6)7-4;1-5-2-3-6-4-5;1-5-3-2-4-6-5/h2-3H,4-10H2,1H3;2*2-8H,1H3;5H,4H2,1-3H3;3-4H,1-2H3;1-3H3;3-4H,1-2H3;2-3H,1H3;2*2-4H,1H3. The van der Waals surface area contributed by atoms with Crippen LogP contribution in [0.3, 0.4) is 0 Å². The van der Waals surface area contributed by atoms with Crippen molar-refractivity contribution in [2.45, 2.75) is 124 Å². The van der Waals surface area contributed by atoms with Gasteiger partial charge in [-0.1, -0.05) is 113 Å². The predicted molar refractivity (Wildman–Crippen MR) is 391 cm³/mol. The number of ether oxygens (including phenoxy) is 2. The molecule has 0 radical (unpaired) electrons. The molecule has 0 unspecified atom stereocenters. The highest BCUT2D eigenvalue weighted by atomic mass is 35.5. The number of carbonyl (C=O) groups excluding carboxylic acids is 1. The Morgan fingerprint density at radius 3 is 1.67 bits per heavy atom. The first-order valence-corrected chi connectivity index (χ1v) is 34.8. The lowest BCUT2D eigenvalue weighted by molar-refractivity contribution is 0.0160. The van der Waals surface area contributed by atoms with Crippen LogP contribution in [0.25, 0.3) is 21.5 Å². The van der Waals surface area contributed by atoms with Crippen LogP contribution >= 0.6 is 68.3 Å². The number of carbonyl (C=O) groups is 1. The number of aromatic nitrogens is 3. The van der Waals surface area contributed by atoms with Crippen molar-refractivity contribution >= 4 is 95.6 Å². The molecule has 0 aliphatic carbocycles. The van der Waals surface area contributed by atoms with E-state index in [1.165, 1.54) is 68.3 Å². The number of thiophene rings is 5. The van der Waals surface area contributed by atoms with E-state index >= 15 is 0 Å². The van der Waals surface area contributed by atoms with Crippen LogP contribution in [0.2, 0.25) is 4.34 Å². The number of Topliss-reactive ketones (excluding diaryl/α,β-unsaturated/α-hetero) is 1. The number of halogens is 1. The van der Waals surface area contributed by atoms with Crippen LogP contribution in [0.5, 0.6) is 0 Å². The molecule has 15 heteroatoms. The second-order valence-corrected chi connectivity index (χ2v) is 28.0. The molecule has 90 heavy (non-hydrogen) atoms. The van der Waals surface area contributed by atoms with Crippen LogP contribution < -0.4 is 0 Å². The number of ketones is 1. The summed E-state index contributed by atoms with van der Waals surface area (Å²) in [4.78, 5) is 20.5. The number of benzene rings is 4. The Morgan fingerprint density at radius 1 is 0.611 bits per heavy atom. The van der Waals surface area contributed by atoms with Crippen LogP contribution in [0.15, 0.2) is 183 Å². The molecule has 0 atom stereocenters. The molecule has 0 spiro atoms. The van der Waals surface area contributed by atoms with Crippen molar-refractivity contribution < 1.29 is 23.2 Å². The van der Waals surface area contributed by atoms with Crippen molar-refractivity contribution in [3.05, 3.63) is 264 Å². The zero-order valence-electron chi connectivity index (χ0n) is 55.6. The molecular weight excluding hydrogens is 1230 g/mol. The van der Waals surface area contributed by atoms with Gasteiger partial charge in [-0.3, -0.25) is 14.4 Å². The molecule has 9 heterocycles. The maximum Gasteiger partial charge on any atom is 0.169 e. The van der Waals surface area contributed by atoms with Gasteiger partial charge in [0.2, 0.25) is 0 Å². The molecule has 1 fully saturated rings. The average molecular weight is 1330 g/mol. The summed E-state index contributed by atoms with van der Waals surface area (Å²) in [5.74, 6) is 2.92. The van der Waals surface area contributed by atoms with Crippen molar-refractivity contribution in [3.63, 3.8) is 0 Å². The number of furan rings is 1. The molecule has 1 saturated heterocycles. The smallest absolute Gasteiger partial charge is 0.169 e. The first kappa shape index (κ1) is 75.9. The van der Waals surface area contributed by atoms with Crippen molar-refractivity contribution in [3.8, 4) is 0 Å². The third-order valence-corrected chi connectivity index (χ3v) is 18.2. The highest BCUT2D eigenvalue weighted by Gasteiger charge is 2.10. The lowest BCUT2D eigenvalue weighted by Gasteiger charge is -2.26. The summed E-state index contributed by atoms with van der Waals surface area (Å²) in [5, 5.41) is 19.6. The van der Waals surface area contributed by atoms with Crippen LogP contribution in [-0.4, -0.2) is 65.1 Å². The largest absolute Gasteiger partial charge is 0.464 e. The van der Waals surface area contributed by atoms with Gasteiger partial charge in [0, 0.05) is 61.8 Å². The maximum atomic E-state index is 10.7. The van der Waals surface area contributed by atoms with E-state index in [1.807, 2.05) is 101 Å². The number of aryl methyl sites for hydroxylation is 14. The topological polar surface area (TPSA) is 95.8 Å². The number of nitrogens with zero attached hydrogens (tertiary/aromatic N) is 4. The second-order valence-electron chi connectivity index (χ2n) is 21.4. The number of hydrogen-bond acceptors (Lipinski definition) is 13. The number of morpholine rings is 1. The molecule has 13 rings (SSSR count). The van der Waals surface area contributed by atoms with Gasteiger partial charge in [-0.15, -0.1) is 45.3 Å². The molecule has 480 valence electrons. The minimum Gasteiger partial charge on any atom is -0.464 e. The van der Waals surface area contributed by atoms with Crippen LogP contribution in [0.1, 0.15) is 105 Å². The van der Waals surface area contributed by atoms with E-state index < -0.39 is 0 Å². The third kappa shape index (κ3) is 31.0. The Bertz CT molecular complexity index is 3710. The lowest BCUT2D eigenvalue weighted by Crippen LogP contribution is -2.38. The van der Waals surface area contributed by atoms with Gasteiger partial charge in [0.25, 0.3) is 0 Å². The first-order chi connectivity index (χ1) is 43.1. The summed E-state index contributed by atoms with van der Waals surface area (Å²) < 4.78 is 24.0. The Kier molecular flexibility index (Phi) is 35.8. The van der Waals surface area contributed by atoms with Crippen molar-refractivity contribution in [2.24, 2.45) is 0 Å². The molecule has 1 aliphatic heterocycles. The Morgan fingerprint density at radius 2 is 1.26 bits per heavy atom. The van der Waals surface area contributed by atoms with E-state index in [1.54, 1.807) is 52.3 Å². The quantitative estimate of drug-likeness (QED) is 0.115. The highest BCUT2D eigenvalue weighted by molar-refractivity contribution is 7.16. The van der Waals surface area contributed by atoms with Crippen LogP contribution in [0.4, 0.5) is 0 Å². The molecule has 0 N–H and O–H groups in total. The fourth-order valence-corrected chi connectivity index (χ4v) is 12.0. The van der Waals surface area contributed by atoms with Gasteiger partial charge in [-0.25, -0.2) is 0 Å². The minimum absolute atomic E-state index is 0.160. The number of rotatable bonds is 7. The van der Waals surface area contributed by atoms with Crippen molar-refractivity contribution in [2.75, 3.05) is 39.5 Å². The van der Waals surface area contributed by atoms with Crippen molar-refractivity contribution in [1.82, 2.24) is 19.8 Å². The second kappa shape index (κ2) is 42.5. The van der Waals surface area contributed by atoms with E-state index in [4.69, 9.17) is 30.0 Å². The third-order valence-electron chi connectivity index (χ3n) is 13.4. The highest BCUT2D eigenvalue weighted by Crippen LogP contribution is 2.21. The summed E-state index contributed by atoms with van der Waals surface area (Å²) in [6, 6.07) is 54.0. The Hall–Kier alpha value is -6.56. The monoisotopic (exact) mass is 1320 g/mol. The van der Waals surface area contributed by atoms with E-state index in [0.29, 0.717) is 6.61 Å². The molecule has 4 aromatic carbocycles. The summed E-state index contributed by atoms with van der Waals surface area (Å²) in [5.41, 5.74) is 8.53. The van der Waals surface area contributed by atoms with E-state index in [0.717, 1.165) is 89.4 Å². The van der Waals surface area contributed by atoms with Gasteiger partial charge in [-0.05, 0) is 226 Å². The maximum absolute atomic E-state index is 10.7. The van der Waals surface area contributed by atoms with E-state index in [-0.39, 0.29) is 5.78 Å². The predicted octanol–water partition coefficient (Wildman–Crippen LogP) is 22.3. The van der Waals surface area contributed by atoms with Crippen LogP contribution in [0, 0.1) is 96.9 Å². The van der Waals surface area contributed by atoms with E-state index in [9.17, 15) is 4.79 Å². The van der Waals surface area contributed by atoms with Gasteiger partial charge in [-0.2, -0.15) is 16.4 Å². The molecule has 0 bridgehead atoms. The molecule has 12 aromatic rings. The molecule has 8 aromatic heterocycles. The summed E-state index contributed by atoms with van der Waals surface area (Å²) in [6.45, 7) is 39.3. The summed E-state index contributed by atoms with van der Waals surface area (Å²) in [7, 11) is 0. The fraction of sp³-hybridized carbons (Fsp3) is 0.320. The molecular formula is C75H93ClN4O5S5. The first-order valence-electron chi connectivity index (χ1n) is 30.1. The minimum atomic E-state index is 0.160. The Balaban J connectivity index is 0.000000217. The molecule has 0 saturated carbocycles. The van der Waals surface area contributed by atoms with Crippen molar-refractivity contribution in [1.29, 1.82) is 0 Å². The van der Waals surface area contributed by atoms with Gasteiger partial charge in [0.15, 0.2) is 5.78 Å². The van der Waals surface area contributed by atoms with Crippen LogP contribution in [-0.2, 0) is 22.6 Å². The SMILES string of the molecule is CC(=O)c1ccc(C)s1.CCn1nc(C)cc1C.Cc1ccc(C)s1.Cc1ccc(COCCN2CCOCC2)o1.Cc1ccc(Cl)s1.Cc1ccc2ccccc2c1.Cc1cccc2ccccc12.Cc1cccs1.Cc1ccsc1.Cc1noc(C)c1C. The summed E-state index contributed by atoms with van der Waals surface area (Å²) in [6.07, 6.45) is 0. The Labute approximate surface area is 561 Å². The average Bonchev–Trinajstić information content (AvgIpc) is 1.96. The van der Waals surface area contributed by atoms with Gasteiger partial charge >= 0.3 is 0 Å². The lowest BCUT2D eigenvalue weighted by atomic mass is 10.1. The molecule has 0 amide bonds. The van der Waals surface area contributed by atoms with Gasteiger partial charge in [0.1, 0.15) is 23.9 Å². The zero-order chi connectivity index (χ0) is 65.8. The summed E-state index contributed by atoms with van der Waals surface area (Å²) >= 11 is 14.1. The van der Waals surface area contributed by atoms with Gasteiger partial charge in [0.05, 0.1) is 40.4 Å². The fourth-order valence-electron chi connectivity index (χ4n) is 8.25. The molecule has 9 nitrogen and oxygen atoms in total.